The van der Waals surface area contributed by atoms with E-state index in [1.807, 2.05) is 22.5 Å². The first-order valence-electron chi connectivity index (χ1n) is 10.4. The number of nitrogens with zero attached hydrogens (tertiary/aromatic N) is 2. The molecule has 0 saturated carbocycles. The highest BCUT2D eigenvalue weighted by Crippen LogP contribution is 2.41. The molecule has 0 atom stereocenters. The zero-order chi connectivity index (χ0) is 19.5. The number of aryl methyl sites for hydroxylation is 1. The molecule has 2 aromatic carbocycles. The van der Waals surface area contributed by atoms with Gasteiger partial charge < -0.3 is 4.90 Å². The normalized spacial score (nSPS) is 20.6. The molecule has 1 spiro atoms. The van der Waals surface area contributed by atoms with Crippen LogP contribution in [-0.4, -0.2) is 49.3 Å². The van der Waals surface area contributed by atoms with Gasteiger partial charge in [-0.05, 0) is 75.9 Å². The number of piperidine rings is 1. The Balaban J connectivity index is 1.36. The van der Waals surface area contributed by atoms with Crippen molar-refractivity contribution in [3.05, 3.63) is 66.2 Å². The van der Waals surface area contributed by atoms with E-state index in [1.165, 1.54) is 5.56 Å². The monoisotopic (exact) mass is 398 g/mol. The lowest BCUT2D eigenvalue weighted by atomic mass is 9.86. The first-order chi connectivity index (χ1) is 13.6. The van der Waals surface area contributed by atoms with Gasteiger partial charge in [0.05, 0.1) is 4.90 Å². The van der Waals surface area contributed by atoms with Crippen molar-refractivity contribution in [2.24, 2.45) is 0 Å². The molecule has 2 aromatic rings. The van der Waals surface area contributed by atoms with E-state index in [-0.39, 0.29) is 5.54 Å². The van der Waals surface area contributed by atoms with Crippen molar-refractivity contribution in [3.8, 4) is 0 Å². The van der Waals surface area contributed by atoms with E-state index in [9.17, 15) is 8.42 Å². The third kappa shape index (κ3) is 4.02. The lowest BCUT2D eigenvalue weighted by molar-refractivity contribution is 0.102. The van der Waals surface area contributed by atoms with E-state index in [4.69, 9.17) is 0 Å². The lowest BCUT2D eigenvalue weighted by Crippen LogP contribution is -2.54. The zero-order valence-electron chi connectivity index (χ0n) is 16.5. The van der Waals surface area contributed by atoms with E-state index in [2.05, 4.69) is 35.2 Å². The number of benzene rings is 2. The standard InChI is InChI=1S/C23H30N2O2S/c26-28(27,22-12-5-2-6-13-22)25-18-8-14-23(25)15-19-24(20-16-23)17-7-11-21-9-3-1-4-10-21/h1-6,9-10,12-13H,7-8,11,14-20H2. The van der Waals surface area contributed by atoms with E-state index >= 15 is 0 Å². The highest BCUT2D eigenvalue weighted by Gasteiger charge is 2.48. The van der Waals surface area contributed by atoms with E-state index < -0.39 is 10.0 Å². The zero-order valence-corrected chi connectivity index (χ0v) is 17.3. The Kier molecular flexibility index (Phi) is 5.85. The van der Waals surface area contributed by atoms with Crippen LogP contribution in [0.4, 0.5) is 0 Å². The van der Waals surface area contributed by atoms with Gasteiger partial charge in [-0.15, -0.1) is 0 Å². The summed E-state index contributed by atoms with van der Waals surface area (Å²) in [6.45, 7) is 3.74. The fourth-order valence-corrected chi connectivity index (χ4v) is 6.76. The van der Waals surface area contributed by atoms with Gasteiger partial charge in [-0.3, -0.25) is 0 Å². The van der Waals surface area contributed by atoms with Gasteiger partial charge in [0.1, 0.15) is 0 Å². The highest BCUT2D eigenvalue weighted by molar-refractivity contribution is 7.89. The minimum atomic E-state index is -3.40. The largest absolute Gasteiger partial charge is 0.303 e. The van der Waals surface area contributed by atoms with Gasteiger partial charge in [0.2, 0.25) is 10.0 Å². The predicted octanol–water partition coefficient (Wildman–Crippen LogP) is 3.94. The molecule has 0 radical (unpaired) electrons. The summed E-state index contributed by atoms with van der Waals surface area (Å²) < 4.78 is 28.3. The van der Waals surface area contributed by atoms with Crippen LogP contribution in [0.3, 0.4) is 0 Å². The highest BCUT2D eigenvalue weighted by atomic mass is 32.2. The van der Waals surface area contributed by atoms with E-state index in [0.29, 0.717) is 11.4 Å². The fraction of sp³-hybridized carbons (Fsp3) is 0.478. The molecule has 4 nitrogen and oxygen atoms in total. The number of sulfonamides is 1. The van der Waals surface area contributed by atoms with Crippen molar-refractivity contribution >= 4 is 10.0 Å². The Bertz CT molecular complexity index is 860. The summed E-state index contributed by atoms with van der Waals surface area (Å²) in [5, 5.41) is 0. The van der Waals surface area contributed by atoms with Crippen LogP contribution in [0.25, 0.3) is 0 Å². The van der Waals surface area contributed by atoms with Crippen LogP contribution in [0.15, 0.2) is 65.6 Å². The van der Waals surface area contributed by atoms with Crippen molar-refractivity contribution in [1.82, 2.24) is 9.21 Å². The molecule has 5 heteroatoms. The predicted molar refractivity (Wildman–Crippen MR) is 113 cm³/mol. The number of hydrogen-bond donors (Lipinski definition) is 0. The summed E-state index contributed by atoms with van der Waals surface area (Å²) in [6.07, 6.45) is 6.13. The van der Waals surface area contributed by atoms with Crippen molar-refractivity contribution in [3.63, 3.8) is 0 Å². The average molecular weight is 399 g/mol. The summed E-state index contributed by atoms with van der Waals surface area (Å²) in [5.74, 6) is 0. The van der Waals surface area contributed by atoms with Crippen LogP contribution in [0.5, 0.6) is 0 Å². The Labute approximate surface area is 169 Å². The molecular weight excluding hydrogens is 368 g/mol. The summed E-state index contributed by atoms with van der Waals surface area (Å²) in [6, 6.07) is 19.6. The first kappa shape index (κ1) is 19.6. The van der Waals surface area contributed by atoms with Crippen LogP contribution in [-0.2, 0) is 16.4 Å². The molecule has 2 heterocycles. The summed E-state index contributed by atoms with van der Waals surface area (Å²) in [4.78, 5) is 2.95. The van der Waals surface area contributed by atoms with E-state index in [1.54, 1.807) is 12.1 Å². The summed E-state index contributed by atoms with van der Waals surface area (Å²) in [5.41, 5.74) is 1.22. The van der Waals surface area contributed by atoms with Crippen LogP contribution < -0.4 is 0 Å². The minimum Gasteiger partial charge on any atom is -0.303 e. The van der Waals surface area contributed by atoms with Gasteiger partial charge >= 0.3 is 0 Å². The second-order valence-corrected chi connectivity index (χ2v) is 10.0. The van der Waals surface area contributed by atoms with Gasteiger partial charge in [0.15, 0.2) is 0 Å². The first-order valence-corrected chi connectivity index (χ1v) is 11.9. The molecule has 4 rings (SSSR count). The third-order valence-electron chi connectivity index (χ3n) is 6.43. The number of rotatable bonds is 6. The molecule has 0 bridgehead atoms. The second kappa shape index (κ2) is 8.36. The Morgan fingerprint density at radius 2 is 1.46 bits per heavy atom. The van der Waals surface area contributed by atoms with Crippen LogP contribution in [0.2, 0.25) is 0 Å². The summed E-state index contributed by atoms with van der Waals surface area (Å²) in [7, 11) is -3.40. The van der Waals surface area contributed by atoms with Gasteiger partial charge in [0.25, 0.3) is 0 Å². The van der Waals surface area contributed by atoms with Gasteiger partial charge in [-0.25, -0.2) is 8.42 Å². The SMILES string of the molecule is O=S(=O)(c1ccccc1)N1CCCC12CCN(CCCc1ccccc1)CC2. The molecular formula is C23H30N2O2S. The van der Waals surface area contributed by atoms with Gasteiger partial charge in [-0.2, -0.15) is 4.31 Å². The summed E-state index contributed by atoms with van der Waals surface area (Å²) >= 11 is 0. The van der Waals surface area contributed by atoms with Crippen LogP contribution >= 0.6 is 0 Å². The second-order valence-electron chi connectivity index (χ2n) is 8.15. The quantitative estimate of drug-likeness (QED) is 0.740. The van der Waals surface area contributed by atoms with Crippen LogP contribution in [0, 0.1) is 0 Å². The molecule has 2 aliphatic heterocycles. The molecule has 2 fully saturated rings. The molecule has 2 aliphatic rings. The molecule has 0 aromatic heterocycles. The molecule has 0 amide bonds. The molecule has 2 saturated heterocycles. The Hall–Kier alpha value is -1.69. The van der Waals surface area contributed by atoms with Crippen molar-refractivity contribution in [2.75, 3.05) is 26.2 Å². The molecule has 0 unspecified atom stereocenters. The smallest absolute Gasteiger partial charge is 0.243 e. The lowest BCUT2D eigenvalue weighted by Gasteiger charge is -2.44. The maximum Gasteiger partial charge on any atom is 0.243 e. The molecule has 0 N–H and O–H groups in total. The molecule has 150 valence electrons. The Morgan fingerprint density at radius 1 is 0.821 bits per heavy atom. The minimum absolute atomic E-state index is 0.176. The fourth-order valence-electron chi connectivity index (χ4n) is 4.85. The maximum absolute atomic E-state index is 13.2. The van der Waals surface area contributed by atoms with Crippen LogP contribution in [0.1, 0.15) is 37.7 Å². The maximum atomic E-state index is 13.2. The van der Waals surface area contributed by atoms with Crippen molar-refractivity contribution in [1.29, 1.82) is 0 Å². The van der Waals surface area contributed by atoms with Crippen molar-refractivity contribution in [2.45, 2.75) is 49.0 Å². The third-order valence-corrected chi connectivity index (χ3v) is 8.45. The van der Waals surface area contributed by atoms with Gasteiger partial charge in [-0.1, -0.05) is 48.5 Å². The average Bonchev–Trinajstić information content (AvgIpc) is 3.15. The topological polar surface area (TPSA) is 40.6 Å². The number of hydrogen-bond acceptors (Lipinski definition) is 3. The Morgan fingerprint density at radius 3 is 2.14 bits per heavy atom. The van der Waals surface area contributed by atoms with Crippen molar-refractivity contribution < 1.29 is 8.42 Å². The van der Waals surface area contributed by atoms with Gasteiger partial charge in [0, 0.05) is 12.1 Å². The molecule has 28 heavy (non-hydrogen) atoms. The number of likely N-dealkylation sites (tertiary alicyclic amines) is 1. The molecule has 0 aliphatic carbocycles. The van der Waals surface area contributed by atoms with E-state index in [0.717, 1.165) is 58.2 Å².